The number of allylic oxidation sites excluding steroid dienone is 1. The highest BCUT2D eigenvalue weighted by Gasteiger charge is 1.87. The summed E-state index contributed by atoms with van der Waals surface area (Å²) < 4.78 is 0. The molecule has 1 aromatic rings. The molecule has 0 spiro atoms. The molecule has 2 heteroatoms. The zero-order valence-electron chi connectivity index (χ0n) is 7.13. The van der Waals surface area contributed by atoms with E-state index in [1.165, 1.54) is 0 Å². The molecule has 0 aliphatic rings. The maximum atomic E-state index is 5.53. The van der Waals surface area contributed by atoms with Crippen molar-refractivity contribution >= 4 is 17.7 Å². The third-order valence-corrected chi connectivity index (χ3v) is 1.69. The Balaban J connectivity index is 2.63. The predicted octanol–water partition coefficient (Wildman–Crippen LogP) is 3.03. The molecule has 0 atom stereocenters. The number of halogens is 1. The Hall–Kier alpha value is -0.820. The van der Waals surface area contributed by atoms with Crippen molar-refractivity contribution < 1.29 is 0 Å². The van der Waals surface area contributed by atoms with E-state index in [4.69, 9.17) is 11.6 Å². The van der Waals surface area contributed by atoms with Gasteiger partial charge >= 0.3 is 0 Å². The van der Waals surface area contributed by atoms with Gasteiger partial charge in [0, 0.05) is 11.6 Å². The van der Waals surface area contributed by atoms with Crippen LogP contribution in [0.5, 0.6) is 0 Å². The first kappa shape index (κ1) is 9.27. The highest BCUT2D eigenvalue weighted by molar-refractivity contribution is 6.17. The SMILES string of the molecule is Cc1cccc(C=CCCCl)n1. The van der Waals surface area contributed by atoms with Gasteiger partial charge in [-0.2, -0.15) is 0 Å². The van der Waals surface area contributed by atoms with Gasteiger partial charge in [-0.15, -0.1) is 11.6 Å². The van der Waals surface area contributed by atoms with Crippen LogP contribution in [-0.2, 0) is 0 Å². The molecule has 1 rings (SSSR count). The van der Waals surface area contributed by atoms with E-state index in [1.807, 2.05) is 37.3 Å². The molecular weight excluding hydrogens is 170 g/mol. The van der Waals surface area contributed by atoms with Crippen molar-refractivity contribution in [3.8, 4) is 0 Å². The van der Waals surface area contributed by atoms with Crippen LogP contribution in [0, 0.1) is 6.92 Å². The molecule has 1 aromatic heterocycles. The van der Waals surface area contributed by atoms with Crippen molar-refractivity contribution in [3.05, 3.63) is 35.7 Å². The average Bonchev–Trinajstić information content (AvgIpc) is 2.05. The second-order valence-electron chi connectivity index (χ2n) is 2.58. The normalized spacial score (nSPS) is 10.8. The van der Waals surface area contributed by atoms with Gasteiger partial charge in [0.15, 0.2) is 0 Å². The molecule has 0 unspecified atom stereocenters. The molecule has 0 aliphatic heterocycles. The van der Waals surface area contributed by atoms with Crippen molar-refractivity contribution in [2.45, 2.75) is 13.3 Å². The van der Waals surface area contributed by atoms with E-state index < -0.39 is 0 Å². The largest absolute Gasteiger partial charge is 0.254 e. The molecule has 1 nitrogen and oxygen atoms in total. The lowest BCUT2D eigenvalue weighted by atomic mass is 10.3. The lowest BCUT2D eigenvalue weighted by molar-refractivity contribution is 1.17. The van der Waals surface area contributed by atoms with E-state index in [2.05, 4.69) is 4.98 Å². The Bertz CT molecular complexity index is 268. The van der Waals surface area contributed by atoms with Crippen LogP contribution in [0.1, 0.15) is 17.8 Å². The lowest BCUT2D eigenvalue weighted by Gasteiger charge is -1.93. The summed E-state index contributed by atoms with van der Waals surface area (Å²) in [6.45, 7) is 1.99. The minimum atomic E-state index is 0.669. The molecule has 0 amide bonds. The maximum Gasteiger partial charge on any atom is 0.0629 e. The fourth-order valence-electron chi connectivity index (χ4n) is 0.924. The van der Waals surface area contributed by atoms with E-state index >= 15 is 0 Å². The van der Waals surface area contributed by atoms with Crippen LogP contribution >= 0.6 is 11.6 Å². The van der Waals surface area contributed by atoms with Gasteiger partial charge in [-0.1, -0.05) is 12.1 Å². The quantitative estimate of drug-likeness (QED) is 0.654. The number of hydrogen-bond acceptors (Lipinski definition) is 1. The van der Waals surface area contributed by atoms with Crippen LogP contribution in [-0.4, -0.2) is 10.9 Å². The van der Waals surface area contributed by atoms with E-state index in [0.29, 0.717) is 5.88 Å². The molecule has 0 radical (unpaired) electrons. The van der Waals surface area contributed by atoms with Crippen LogP contribution in [0.4, 0.5) is 0 Å². The van der Waals surface area contributed by atoms with Gasteiger partial charge in [-0.3, -0.25) is 4.98 Å². The number of aryl methyl sites for hydroxylation is 1. The molecule has 0 bridgehead atoms. The number of nitrogens with zero attached hydrogens (tertiary/aromatic N) is 1. The summed E-state index contributed by atoms with van der Waals surface area (Å²) in [5.41, 5.74) is 2.04. The van der Waals surface area contributed by atoms with Crippen LogP contribution in [0.25, 0.3) is 6.08 Å². The summed E-state index contributed by atoms with van der Waals surface area (Å²) in [5.74, 6) is 0.669. The van der Waals surface area contributed by atoms with Crippen LogP contribution < -0.4 is 0 Å². The molecule has 64 valence electrons. The number of alkyl halides is 1. The zero-order valence-corrected chi connectivity index (χ0v) is 7.88. The van der Waals surface area contributed by atoms with Crippen LogP contribution in [0.15, 0.2) is 24.3 Å². The third-order valence-electron chi connectivity index (χ3n) is 1.47. The highest BCUT2D eigenvalue weighted by Crippen LogP contribution is 2.01. The van der Waals surface area contributed by atoms with E-state index in [-0.39, 0.29) is 0 Å². The molecular formula is C10H12ClN. The first-order chi connectivity index (χ1) is 5.83. The van der Waals surface area contributed by atoms with Crippen molar-refractivity contribution in [3.63, 3.8) is 0 Å². The minimum absolute atomic E-state index is 0.669. The summed E-state index contributed by atoms with van der Waals surface area (Å²) in [6, 6.07) is 5.97. The first-order valence-electron chi connectivity index (χ1n) is 3.99. The minimum Gasteiger partial charge on any atom is -0.254 e. The van der Waals surface area contributed by atoms with Gasteiger partial charge in [-0.25, -0.2) is 0 Å². The first-order valence-corrected chi connectivity index (χ1v) is 4.52. The molecule has 0 saturated heterocycles. The maximum absolute atomic E-state index is 5.53. The van der Waals surface area contributed by atoms with Gasteiger partial charge in [0.2, 0.25) is 0 Å². The number of rotatable bonds is 3. The van der Waals surface area contributed by atoms with Gasteiger partial charge in [0.25, 0.3) is 0 Å². The molecule has 1 heterocycles. The summed E-state index contributed by atoms with van der Waals surface area (Å²) >= 11 is 5.53. The Labute approximate surface area is 78.1 Å². The van der Waals surface area contributed by atoms with Crippen LogP contribution in [0.3, 0.4) is 0 Å². The Morgan fingerprint density at radius 3 is 3.00 bits per heavy atom. The van der Waals surface area contributed by atoms with Gasteiger partial charge in [-0.05, 0) is 31.6 Å². The number of pyridine rings is 1. The van der Waals surface area contributed by atoms with E-state index in [9.17, 15) is 0 Å². The second-order valence-corrected chi connectivity index (χ2v) is 2.96. The zero-order chi connectivity index (χ0) is 8.81. The topological polar surface area (TPSA) is 12.9 Å². The molecule has 0 aromatic carbocycles. The van der Waals surface area contributed by atoms with Gasteiger partial charge in [0.1, 0.15) is 0 Å². The molecule has 0 aliphatic carbocycles. The monoisotopic (exact) mass is 181 g/mol. The fourth-order valence-corrected chi connectivity index (χ4v) is 1.05. The standard InChI is InChI=1S/C10H12ClN/c1-9-5-4-7-10(12-9)6-2-3-8-11/h2,4-7H,3,8H2,1H3. The van der Waals surface area contributed by atoms with Crippen molar-refractivity contribution in [2.75, 3.05) is 5.88 Å². The van der Waals surface area contributed by atoms with E-state index in [0.717, 1.165) is 17.8 Å². The highest BCUT2D eigenvalue weighted by atomic mass is 35.5. The second kappa shape index (κ2) is 4.94. The van der Waals surface area contributed by atoms with Gasteiger partial charge < -0.3 is 0 Å². The predicted molar refractivity (Wildman–Crippen MR) is 53.3 cm³/mol. The van der Waals surface area contributed by atoms with Crippen molar-refractivity contribution in [1.29, 1.82) is 0 Å². The molecule has 0 saturated carbocycles. The Morgan fingerprint density at radius 2 is 2.33 bits per heavy atom. The van der Waals surface area contributed by atoms with Gasteiger partial charge in [0.05, 0.1) is 5.69 Å². The van der Waals surface area contributed by atoms with Crippen molar-refractivity contribution in [2.24, 2.45) is 0 Å². The Morgan fingerprint density at radius 1 is 1.50 bits per heavy atom. The molecule has 0 N–H and O–H groups in total. The summed E-state index contributed by atoms with van der Waals surface area (Å²) in [6.07, 6.45) is 4.93. The van der Waals surface area contributed by atoms with Crippen molar-refractivity contribution in [1.82, 2.24) is 4.98 Å². The fraction of sp³-hybridized carbons (Fsp3) is 0.300. The van der Waals surface area contributed by atoms with E-state index in [1.54, 1.807) is 0 Å². The smallest absolute Gasteiger partial charge is 0.0629 e. The number of aromatic nitrogens is 1. The van der Waals surface area contributed by atoms with Crippen LogP contribution in [0.2, 0.25) is 0 Å². The summed E-state index contributed by atoms with van der Waals surface area (Å²) in [4.78, 5) is 4.32. The Kier molecular flexibility index (Phi) is 3.81. The lowest BCUT2D eigenvalue weighted by Crippen LogP contribution is -1.83. The molecule has 12 heavy (non-hydrogen) atoms. The average molecular weight is 182 g/mol. The summed E-state index contributed by atoms with van der Waals surface area (Å²) in [5, 5.41) is 0. The molecule has 0 fully saturated rings. The third kappa shape index (κ3) is 3.05. The number of hydrogen-bond donors (Lipinski definition) is 0. The summed E-state index contributed by atoms with van der Waals surface area (Å²) in [7, 11) is 0.